The molecular weight excluding hydrogens is 317 g/mol. The Morgan fingerprint density at radius 3 is 3.00 bits per heavy atom. The zero-order valence-corrected chi connectivity index (χ0v) is 11.3. The van der Waals surface area contributed by atoms with Gasteiger partial charge >= 0.3 is 5.97 Å². The van der Waals surface area contributed by atoms with Gasteiger partial charge in [-0.2, -0.15) is 0 Å². The first-order valence-electron chi connectivity index (χ1n) is 5.45. The molecule has 1 aromatic heterocycles. The normalized spacial score (nSPS) is 12.4. The summed E-state index contributed by atoms with van der Waals surface area (Å²) in [6.07, 6.45) is 1.51. The average Bonchev–Trinajstić information content (AvgIpc) is 2.80. The second kappa shape index (κ2) is 5.50. The summed E-state index contributed by atoms with van der Waals surface area (Å²) in [5, 5.41) is 8.71. The molecule has 2 rings (SSSR count). The number of benzene rings is 1. The number of H-pyrrole nitrogens is 1. The number of rotatable bonds is 4. The summed E-state index contributed by atoms with van der Waals surface area (Å²) in [5.74, 6) is -1.09. The molecule has 0 spiro atoms. The van der Waals surface area contributed by atoms with Crippen molar-refractivity contribution in [3.05, 3.63) is 40.5 Å². The zero-order chi connectivity index (χ0) is 14.0. The Morgan fingerprint density at radius 2 is 2.32 bits per heavy atom. The van der Waals surface area contributed by atoms with Crippen LogP contribution in [0.4, 0.5) is 4.39 Å². The zero-order valence-electron chi connectivity index (χ0n) is 9.73. The van der Waals surface area contributed by atoms with Crippen LogP contribution in [0, 0.1) is 5.82 Å². The highest BCUT2D eigenvalue weighted by atomic mass is 79.9. The fourth-order valence-corrected chi connectivity index (χ4v) is 1.96. The van der Waals surface area contributed by atoms with Gasteiger partial charge in [0.25, 0.3) is 0 Å². The lowest BCUT2D eigenvalue weighted by Gasteiger charge is -2.03. The standard InChI is InChI=1S/C12H11BrFN3O2/c13-6-1-2-8(14)7(3-6)10-5-16-11(17-10)4-9(15)12(18)19/h1-3,5,9H,4,15H2,(H,16,17)(H,18,19). The smallest absolute Gasteiger partial charge is 0.320 e. The van der Waals surface area contributed by atoms with E-state index in [9.17, 15) is 9.18 Å². The van der Waals surface area contributed by atoms with Crippen LogP contribution in [0.25, 0.3) is 11.3 Å². The molecule has 0 aliphatic rings. The maximum atomic E-state index is 13.7. The van der Waals surface area contributed by atoms with E-state index in [1.54, 1.807) is 12.1 Å². The SMILES string of the molecule is NC(Cc1ncc(-c2cc(Br)ccc2F)[nH]1)C(=O)O. The molecule has 0 aliphatic carbocycles. The molecule has 0 saturated carbocycles. The highest BCUT2D eigenvalue weighted by Gasteiger charge is 2.15. The molecule has 0 fully saturated rings. The van der Waals surface area contributed by atoms with Crippen LogP contribution in [0.5, 0.6) is 0 Å². The number of aromatic amines is 1. The number of carbonyl (C=O) groups is 1. The summed E-state index contributed by atoms with van der Waals surface area (Å²) in [5.41, 5.74) is 6.25. The molecule has 0 radical (unpaired) electrons. The number of carboxylic acids is 1. The van der Waals surface area contributed by atoms with Gasteiger partial charge in [-0.1, -0.05) is 15.9 Å². The maximum absolute atomic E-state index is 13.7. The summed E-state index contributed by atoms with van der Waals surface area (Å²) in [6, 6.07) is 3.51. The summed E-state index contributed by atoms with van der Waals surface area (Å²) in [4.78, 5) is 17.5. The van der Waals surface area contributed by atoms with Gasteiger partial charge in [0.05, 0.1) is 11.9 Å². The molecule has 4 N–H and O–H groups in total. The van der Waals surface area contributed by atoms with Crippen LogP contribution in [-0.4, -0.2) is 27.1 Å². The molecular formula is C12H11BrFN3O2. The number of nitrogens with two attached hydrogens (primary N) is 1. The predicted octanol–water partition coefficient (Wildman–Crippen LogP) is 1.93. The molecule has 2 aromatic rings. The largest absolute Gasteiger partial charge is 0.480 e. The van der Waals surface area contributed by atoms with Crippen LogP contribution in [0.3, 0.4) is 0 Å². The van der Waals surface area contributed by atoms with Crippen molar-refractivity contribution in [2.45, 2.75) is 12.5 Å². The van der Waals surface area contributed by atoms with Gasteiger partial charge in [-0.15, -0.1) is 0 Å². The van der Waals surface area contributed by atoms with E-state index >= 15 is 0 Å². The van der Waals surface area contributed by atoms with Crippen LogP contribution in [0.15, 0.2) is 28.9 Å². The Balaban J connectivity index is 2.26. The molecule has 0 bridgehead atoms. The van der Waals surface area contributed by atoms with Crippen molar-refractivity contribution < 1.29 is 14.3 Å². The number of carboxylic acid groups (broad SMARTS) is 1. The lowest BCUT2D eigenvalue weighted by atomic mass is 10.1. The van der Waals surface area contributed by atoms with E-state index in [0.29, 0.717) is 17.1 Å². The van der Waals surface area contributed by atoms with E-state index < -0.39 is 12.0 Å². The molecule has 7 heteroatoms. The lowest BCUT2D eigenvalue weighted by Crippen LogP contribution is -2.32. The minimum absolute atomic E-state index is 0.0605. The first-order chi connectivity index (χ1) is 8.97. The average molecular weight is 328 g/mol. The van der Waals surface area contributed by atoms with Gasteiger partial charge in [0.2, 0.25) is 0 Å². The van der Waals surface area contributed by atoms with Gasteiger partial charge in [0.15, 0.2) is 0 Å². The molecule has 0 saturated heterocycles. The van der Waals surface area contributed by atoms with Crippen molar-refractivity contribution in [1.82, 2.24) is 9.97 Å². The first kappa shape index (κ1) is 13.7. The van der Waals surface area contributed by atoms with Crippen molar-refractivity contribution in [3.8, 4) is 11.3 Å². The summed E-state index contributed by atoms with van der Waals surface area (Å²) in [7, 11) is 0. The predicted molar refractivity (Wildman–Crippen MR) is 71.0 cm³/mol. The third-order valence-electron chi connectivity index (χ3n) is 2.58. The van der Waals surface area contributed by atoms with Crippen molar-refractivity contribution in [2.75, 3.05) is 0 Å². The van der Waals surface area contributed by atoms with E-state index in [-0.39, 0.29) is 12.2 Å². The topological polar surface area (TPSA) is 92.0 Å². The number of aromatic nitrogens is 2. The highest BCUT2D eigenvalue weighted by Crippen LogP contribution is 2.24. The Bertz CT molecular complexity index is 615. The van der Waals surface area contributed by atoms with Crippen LogP contribution < -0.4 is 5.73 Å². The number of imidazole rings is 1. The second-order valence-electron chi connectivity index (χ2n) is 4.02. The lowest BCUT2D eigenvalue weighted by molar-refractivity contribution is -0.138. The van der Waals surface area contributed by atoms with E-state index in [1.165, 1.54) is 12.3 Å². The van der Waals surface area contributed by atoms with E-state index in [1.807, 2.05) is 0 Å². The molecule has 1 heterocycles. The molecule has 100 valence electrons. The van der Waals surface area contributed by atoms with Gasteiger partial charge in [0.1, 0.15) is 17.7 Å². The summed E-state index contributed by atoms with van der Waals surface area (Å²) >= 11 is 3.26. The number of nitrogens with one attached hydrogen (secondary N) is 1. The molecule has 1 aromatic carbocycles. The third-order valence-corrected chi connectivity index (χ3v) is 3.07. The monoisotopic (exact) mass is 327 g/mol. The van der Waals surface area contributed by atoms with Crippen LogP contribution in [0.2, 0.25) is 0 Å². The van der Waals surface area contributed by atoms with E-state index in [0.717, 1.165) is 4.47 Å². The van der Waals surface area contributed by atoms with Gasteiger partial charge in [-0.05, 0) is 18.2 Å². The molecule has 5 nitrogen and oxygen atoms in total. The Kier molecular flexibility index (Phi) is 3.96. The molecule has 19 heavy (non-hydrogen) atoms. The number of hydrogen-bond acceptors (Lipinski definition) is 3. The quantitative estimate of drug-likeness (QED) is 0.800. The number of hydrogen-bond donors (Lipinski definition) is 3. The van der Waals surface area contributed by atoms with E-state index in [2.05, 4.69) is 25.9 Å². The number of aliphatic carboxylic acids is 1. The van der Waals surface area contributed by atoms with Crippen LogP contribution in [0.1, 0.15) is 5.82 Å². The van der Waals surface area contributed by atoms with Gasteiger partial charge in [0, 0.05) is 16.5 Å². The highest BCUT2D eigenvalue weighted by molar-refractivity contribution is 9.10. The Hall–Kier alpha value is -1.73. The minimum atomic E-state index is -1.11. The number of nitrogens with zero attached hydrogens (tertiary/aromatic N) is 1. The van der Waals surface area contributed by atoms with Crippen LogP contribution in [-0.2, 0) is 11.2 Å². The summed E-state index contributed by atoms with van der Waals surface area (Å²) < 4.78 is 14.4. The van der Waals surface area contributed by atoms with Gasteiger partial charge < -0.3 is 15.8 Å². The van der Waals surface area contributed by atoms with Gasteiger partial charge in [-0.25, -0.2) is 9.37 Å². The fourth-order valence-electron chi connectivity index (χ4n) is 1.60. The van der Waals surface area contributed by atoms with Crippen molar-refractivity contribution in [3.63, 3.8) is 0 Å². The van der Waals surface area contributed by atoms with Crippen molar-refractivity contribution in [2.24, 2.45) is 5.73 Å². The van der Waals surface area contributed by atoms with E-state index in [4.69, 9.17) is 10.8 Å². The van der Waals surface area contributed by atoms with Crippen molar-refractivity contribution >= 4 is 21.9 Å². The Morgan fingerprint density at radius 1 is 1.58 bits per heavy atom. The molecule has 1 atom stereocenters. The van der Waals surface area contributed by atoms with Crippen molar-refractivity contribution in [1.29, 1.82) is 0 Å². The molecule has 1 unspecified atom stereocenters. The number of halogens is 2. The second-order valence-corrected chi connectivity index (χ2v) is 4.93. The Labute approximate surface area is 116 Å². The third kappa shape index (κ3) is 3.18. The molecule has 0 amide bonds. The van der Waals surface area contributed by atoms with Gasteiger partial charge in [-0.3, -0.25) is 4.79 Å². The molecule has 0 aliphatic heterocycles. The maximum Gasteiger partial charge on any atom is 0.320 e. The minimum Gasteiger partial charge on any atom is -0.480 e. The first-order valence-corrected chi connectivity index (χ1v) is 6.24. The van der Waals surface area contributed by atoms with Crippen LogP contribution >= 0.6 is 15.9 Å². The summed E-state index contributed by atoms with van der Waals surface area (Å²) in [6.45, 7) is 0. The fraction of sp³-hybridized carbons (Fsp3) is 0.167.